The highest BCUT2D eigenvalue weighted by Crippen LogP contribution is 2.30. The van der Waals surface area contributed by atoms with Crippen LogP contribution in [0.5, 0.6) is 0 Å². The molecule has 23 heavy (non-hydrogen) atoms. The summed E-state index contributed by atoms with van der Waals surface area (Å²) >= 11 is 2.96. The van der Waals surface area contributed by atoms with E-state index in [2.05, 4.69) is 20.4 Å². The monoisotopic (exact) mass is 349 g/mol. The second-order valence-corrected chi connectivity index (χ2v) is 6.63. The maximum atomic E-state index is 14.2. The molecule has 3 aromatic rings. The Bertz CT molecular complexity index is 847. The molecule has 0 saturated carbocycles. The zero-order valence-electron chi connectivity index (χ0n) is 12.3. The van der Waals surface area contributed by atoms with Gasteiger partial charge in [0.1, 0.15) is 24.2 Å². The van der Waals surface area contributed by atoms with Gasteiger partial charge in [-0.25, -0.2) is 19.0 Å². The summed E-state index contributed by atoms with van der Waals surface area (Å²) < 4.78 is 16.5. The summed E-state index contributed by atoms with van der Waals surface area (Å²) in [5.74, 6) is -0.960. The standard InChI is InChI=1S/C14H12FN5OS2/c1-8-13(22-2)23-14(18-8)19-12(21)9-3-4-11(10(15)5-9)20-7-16-6-17-20/h3-7H,1-2H3,(H,18,19,21). The zero-order chi connectivity index (χ0) is 16.4. The maximum absolute atomic E-state index is 14.2. The van der Waals surface area contributed by atoms with E-state index in [4.69, 9.17) is 0 Å². The number of hydrogen-bond acceptors (Lipinski definition) is 6. The molecule has 2 heterocycles. The van der Waals surface area contributed by atoms with Gasteiger partial charge in [-0.3, -0.25) is 10.1 Å². The lowest BCUT2D eigenvalue weighted by atomic mass is 10.2. The third-order valence-corrected chi connectivity index (χ3v) is 5.32. The number of aromatic nitrogens is 4. The van der Waals surface area contributed by atoms with Gasteiger partial charge in [0.25, 0.3) is 5.91 Å². The van der Waals surface area contributed by atoms with Crippen LogP contribution in [0.4, 0.5) is 9.52 Å². The van der Waals surface area contributed by atoms with E-state index in [0.717, 1.165) is 9.90 Å². The molecule has 6 nitrogen and oxygen atoms in total. The largest absolute Gasteiger partial charge is 0.298 e. The molecule has 0 atom stereocenters. The fraction of sp³-hybridized carbons (Fsp3) is 0.143. The highest BCUT2D eigenvalue weighted by atomic mass is 32.2. The van der Waals surface area contributed by atoms with E-state index >= 15 is 0 Å². The van der Waals surface area contributed by atoms with Gasteiger partial charge in [-0.1, -0.05) is 11.3 Å². The third kappa shape index (κ3) is 3.25. The van der Waals surface area contributed by atoms with Crippen molar-refractivity contribution in [2.45, 2.75) is 11.1 Å². The van der Waals surface area contributed by atoms with Crippen molar-refractivity contribution in [3.63, 3.8) is 0 Å². The fourth-order valence-electron chi connectivity index (χ4n) is 1.96. The number of thiazole rings is 1. The maximum Gasteiger partial charge on any atom is 0.257 e. The van der Waals surface area contributed by atoms with Crippen LogP contribution in [0.3, 0.4) is 0 Å². The van der Waals surface area contributed by atoms with Crippen LogP contribution in [0.15, 0.2) is 35.1 Å². The smallest absolute Gasteiger partial charge is 0.257 e. The van der Waals surface area contributed by atoms with Gasteiger partial charge in [0.15, 0.2) is 5.13 Å². The van der Waals surface area contributed by atoms with Crippen molar-refractivity contribution in [3.8, 4) is 5.69 Å². The zero-order valence-corrected chi connectivity index (χ0v) is 13.9. The Morgan fingerprint density at radius 1 is 1.43 bits per heavy atom. The van der Waals surface area contributed by atoms with Crippen molar-refractivity contribution in [1.29, 1.82) is 0 Å². The second kappa shape index (κ2) is 6.47. The number of nitrogens with zero attached hydrogens (tertiary/aromatic N) is 4. The number of nitrogens with one attached hydrogen (secondary N) is 1. The van der Waals surface area contributed by atoms with Gasteiger partial charge in [-0.05, 0) is 31.4 Å². The molecule has 0 unspecified atom stereocenters. The molecule has 1 amide bonds. The first-order chi connectivity index (χ1) is 11.1. The molecule has 0 bridgehead atoms. The minimum atomic E-state index is -0.553. The number of carbonyl (C=O) groups is 1. The lowest BCUT2D eigenvalue weighted by Crippen LogP contribution is -2.12. The molecule has 1 N–H and O–H groups in total. The van der Waals surface area contributed by atoms with Crippen molar-refractivity contribution in [3.05, 3.63) is 47.9 Å². The molecular weight excluding hydrogens is 337 g/mol. The summed E-state index contributed by atoms with van der Waals surface area (Å²) in [6.07, 6.45) is 4.65. The average Bonchev–Trinajstić information content (AvgIpc) is 3.16. The number of halogens is 1. The van der Waals surface area contributed by atoms with Gasteiger partial charge in [0.05, 0.1) is 9.90 Å². The average molecular weight is 349 g/mol. The quantitative estimate of drug-likeness (QED) is 0.733. The number of thioether (sulfide) groups is 1. The normalized spacial score (nSPS) is 10.7. The molecule has 1 aromatic carbocycles. The Morgan fingerprint density at radius 3 is 2.87 bits per heavy atom. The lowest BCUT2D eigenvalue weighted by Gasteiger charge is -2.05. The van der Waals surface area contributed by atoms with Crippen LogP contribution >= 0.6 is 23.1 Å². The predicted molar refractivity (Wildman–Crippen MR) is 87.9 cm³/mol. The van der Waals surface area contributed by atoms with Gasteiger partial charge >= 0.3 is 0 Å². The van der Waals surface area contributed by atoms with Crippen LogP contribution < -0.4 is 5.32 Å². The van der Waals surface area contributed by atoms with E-state index in [1.165, 1.54) is 46.9 Å². The topological polar surface area (TPSA) is 72.7 Å². The molecule has 118 valence electrons. The highest BCUT2D eigenvalue weighted by Gasteiger charge is 2.14. The van der Waals surface area contributed by atoms with Crippen LogP contribution in [-0.4, -0.2) is 31.9 Å². The Morgan fingerprint density at radius 2 is 2.26 bits per heavy atom. The summed E-state index contributed by atoms with van der Waals surface area (Å²) in [6, 6.07) is 4.19. The first kappa shape index (κ1) is 15.6. The van der Waals surface area contributed by atoms with Gasteiger partial charge in [0.2, 0.25) is 0 Å². The third-order valence-electron chi connectivity index (χ3n) is 3.04. The number of rotatable bonds is 4. The number of hydrogen-bond donors (Lipinski definition) is 1. The summed E-state index contributed by atoms with van der Waals surface area (Å²) in [7, 11) is 0. The van der Waals surface area contributed by atoms with E-state index in [1.54, 1.807) is 11.8 Å². The van der Waals surface area contributed by atoms with E-state index < -0.39 is 11.7 Å². The summed E-state index contributed by atoms with van der Waals surface area (Å²) in [6.45, 7) is 1.88. The van der Waals surface area contributed by atoms with Crippen LogP contribution in [0, 0.1) is 12.7 Å². The molecule has 9 heteroatoms. The molecule has 0 aliphatic rings. The molecule has 3 rings (SSSR count). The number of benzene rings is 1. The van der Waals surface area contributed by atoms with Crippen LogP contribution in [0.25, 0.3) is 5.69 Å². The van der Waals surface area contributed by atoms with Crippen molar-refractivity contribution in [1.82, 2.24) is 19.7 Å². The van der Waals surface area contributed by atoms with Crippen LogP contribution in [0.2, 0.25) is 0 Å². The van der Waals surface area contributed by atoms with Crippen molar-refractivity contribution < 1.29 is 9.18 Å². The summed E-state index contributed by atoms with van der Waals surface area (Å²) in [4.78, 5) is 20.3. The minimum Gasteiger partial charge on any atom is -0.298 e. The van der Waals surface area contributed by atoms with E-state index in [9.17, 15) is 9.18 Å². The van der Waals surface area contributed by atoms with Crippen molar-refractivity contribution in [2.24, 2.45) is 0 Å². The number of aryl methyl sites for hydroxylation is 1. The van der Waals surface area contributed by atoms with Crippen LogP contribution in [-0.2, 0) is 0 Å². The second-order valence-electron chi connectivity index (χ2n) is 4.56. The fourth-order valence-corrected chi connectivity index (χ4v) is 3.57. The Hall–Kier alpha value is -2.26. The molecular formula is C14H12FN5OS2. The Labute approximate surface area is 139 Å². The summed E-state index contributed by atoms with van der Waals surface area (Å²) in [5.41, 5.74) is 1.31. The predicted octanol–water partition coefficient (Wildman–Crippen LogP) is 3.15. The van der Waals surface area contributed by atoms with Crippen molar-refractivity contribution >= 4 is 34.1 Å². The number of carbonyl (C=O) groups excluding carboxylic acids is 1. The molecule has 0 spiro atoms. The molecule has 0 saturated heterocycles. The summed E-state index contributed by atoms with van der Waals surface area (Å²) in [5, 5.41) is 7.05. The Kier molecular flexibility index (Phi) is 4.39. The van der Waals surface area contributed by atoms with Gasteiger partial charge in [-0.15, -0.1) is 11.8 Å². The highest BCUT2D eigenvalue weighted by molar-refractivity contribution is 8.00. The molecule has 0 radical (unpaired) electrons. The molecule has 0 fully saturated rings. The SMILES string of the molecule is CSc1sc(NC(=O)c2ccc(-n3cncn3)c(F)c2)nc1C. The number of amides is 1. The van der Waals surface area contributed by atoms with Gasteiger partial charge in [-0.2, -0.15) is 5.10 Å². The van der Waals surface area contributed by atoms with E-state index in [0.29, 0.717) is 5.13 Å². The molecule has 2 aromatic heterocycles. The minimum absolute atomic E-state index is 0.213. The molecule has 0 aliphatic carbocycles. The Balaban J connectivity index is 1.81. The van der Waals surface area contributed by atoms with Gasteiger partial charge in [0, 0.05) is 5.56 Å². The first-order valence-electron chi connectivity index (χ1n) is 6.56. The number of anilines is 1. The van der Waals surface area contributed by atoms with Crippen molar-refractivity contribution in [2.75, 3.05) is 11.6 Å². The van der Waals surface area contributed by atoms with Gasteiger partial charge < -0.3 is 0 Å². The lowest BCUT2D eigenvalue weighted by molar-refractivity contribution is 0.102. The van der Waals surface area contributed by atoms with E-state index in [1.807, 2.05) is 13.2 Å². The van der Waals surface area contributed by atoms with Crippen LogP contribution in [0.1, 0.15) is 16.1 Å². The van der Waals surface area contributed by atoms with E-state index in [-0.39, 0.29) is 11.3 Å². The molecule has 0 aliphatic heterocycles. The first-order valence-corrected chi connectivity index (χ1v) is 8.60.